The molecule has 1 heteroatoms. The van der Waals surface area contributed by atoms with Crippen LogP contribution in [-0.4, -0.2) is 0 Å². The lowest BCUT2D eigenvalue weighted by Gasteiger charge is -2.48. The molecule has 2 aromatic carbocycles. The van der Waals surface area contributed by atoms with Gasteiger partial charge in [0.1, 0.15) is 0 Å². The third-order valence-corrected chi connectivity index (χ3v) is 8.23. The fourth-order valence-electron chi connectivity index (χ4n) is 6.26. The predicted molar refractivity (Wildman–Crippen MR) is 129 cm³/mol. The van der Waals surface area contributed by atoms with Crippen molar-refractivity contribution in [2.45, 2.75) is 90.5 Å². The van der Waals surface area contributed by atoms with Gasteiger partial charge < -0.3 is 0 Å². The van der Waals surface area contributed by atoms with Gasteiger partial charge in [0.15, 0.2) is 11.7 Å². The van der Waals surface area contributed by atoms with E-state index in [1.54, 1.807) is 5.56 Å². The third-order valence-electron chi connectivity index (χ3n) is 8.23. The van der Waals surface area contributed by atoms with Crippen molar-refractivity contribution in [3.63, 3.8) is 0 Å². The molecule has 0 saturated heterocycles. The molecule has 2 heterocycles. The van der Waals surface area contributed by atoms with E-state index in [-0.39, 0.29) is 11.0 Å². The smallest absolute Gasteiger partial charge is 0.192 e. The first-order valence-electron chi connectivity index (χ1n) is 12.1. The highest BCUT2D eigenvalue weighted by molar-refractivity contribution is 5.94. The fraction of sp³-hybridized carbons (Fsp3) is 0.483. The van der Waals surface area contributed by atoms with Gasteiger partial charge in [0, 0.05) is 18.9 Å². The summed E-state index contributed by atoms with van der Waals surface area (Å²) in [7, 11) is 0. The van der Waals surface area contributed by atoms with Crippen LogP contribution >= 0.6 is 0 Å². The lowest BCUT2D eigenvalue weighted by Crippen LogP contribution is -2.68. The highest BCUT2D eigenvalue weighted by Crippen LogP contribution is 2.52. The molecule has 4 rings (SSSR count). The van der Waals surface area contributed by atoms with Crippen LogP contribution in [0, 0.1) is 0 Å². The molecular weight excluding hydrogens is 362 g/mol. The summed E-state index contributed by atoms with van der Waals surface area (Å²) in [6.45, 7) is 11.9. The third kappa shape index (κ3) is 2.93. The number of fused-ring (bicyclic) bond motifs is 5. The first kappa shape index (κ1) is 21.1. The maximum absolute atomic E-state index is 2.66. The van der Waals surface area contributed by atoms with Crippen LogP contribution in [0.4, 0.5) is 0 Å². The summed E-state index contributed by atoms with van der Waals surface area (Å²) < 4.78 is 2.66. The molecule has 1 unspecified atom stereocenters. The second kappa shape index (κ2) is 8.17. The highest BCUT2D eigenvalue weighted by atomic mass is 15.1. The number of unbranched alkanes of at least 4 members (excludes halogenated alkanes) is 2. The molecule has 1 nitrogen and oxygen atoms in total. The molecule has 1 aliphatic rings. The number of nitrogens with zero attached hydrogens (tertiary/aromatic N) is 1. The van der Waals surface area contributed by atoms with Gasteiger partial charge in [-0.2, -0.15) is 4.57 Å². The van der Waals surface area contributed by atoms with Crippen molar-refractivity contribution in [1.82, 2.24) is 0 Å². The van der Waals surface area contributed by atoms with E-state index in [0.29, 0.717) is 0 Å². The molecule has 0 amide bonds. The summed E-state index contributed by atoms with van der Waals surface area (Å²) in [6.07, 6.45) is 10.9. The highest BCUT2D eigenvalue weighted by Gasteiger charge is 2.58. The zero-order chi connectivity index (χ0) is 21.4. The van der Waals surface area contributed by atoms with Crippen molar-refractivity contribution in [3.05, 3.63) is 65.9 Å². The summed E-state index contributed by atoms with van der Waals surface area (Å²) in [5.74, 6) is 0. The molecule has 30 heavy (non-hydrogen) atoms. The van der Waals surface area contributed by atoms with Crippen LogP contribution in [0.3, 0.4) is 0 Å². The van der Waals surface area contributed by atoms with E-state index in [1.807, 2.05) is 0 Å². The molecule has 1 aliphatic heterocycles. The number of hydrogen-bond donors (Lipinski definition) is 0. The van der Waals surface area contributed by atoms with E-state index in [9.17, 15) is 0 Å². The Hall–Kier alpha value is -2.15. The minimum absolute atomic E-state index is 0.0951. The van der Waals surface area contributed by atoms with Gasteiger partial charge in [-0.25, -0.2) is 0 Å². The van der Waals surface area contributed by atoms with Crippen LogP contribution in [0.25, 0.3) is 22.0 Å². The summed E-state index contributed by atoms with van der Waals surface area (Å²) in [4.78, 5) is 0. The molecule has 158 valence electrons. The van der Waals surface area contributed by atoms with Gasteiger partial charge in [-0.05, 0) is 54.8 Å². The van der Waals surface area contributed by atoms with Crippen LogP contribution in [0.15, 0.2) is 54.7 Å². The molecule has 0 N–H and O–H groups in total. The van der Waals surface area contributed by atoms with Crippen molar-refractivity contribution in [2.75, 3.05) is 0 Å². The standard InChI is InChI=1S/C29H38N/c1-6-10-11-14-22-17-18-26-25(21-22)27-24-16-13-12-15-23(24)19-20-30(27)29(8-3,9-4)28(26,5)7-2/h12-13,15-21H,6-11,14H2,1-5H3/q+1. The minimum atomic E-state index is 0.0951. The molecule has 1 atom stereocenters. The Morgan fingerprint density at radius 2 is 1.60 bits per heavy atom. The van der Waals surface area contributed by atoms with Crippen molar-refractivity contribution >= 4 is 10.8 Å². The number of hydrogen-bond acceptors (Lipinski definition) is 0. The average molecular weight is 401 g/mol. The summed E-state index contributed by atoms with van der Waals surface area (Å²) >= 11 is 0. The van der Waals surface area contributed by atoms with Crippen molar-refractivity contribution in [1.29, 1.82) is 0 Å². The molecular formula is C29H38N+. The largest absolute Gasteiger partial charge is 0.221 e. The zero-order valence-corrected chi connectivity index (χ0v) is 19.6. The quantitative estimate of drug-likeness (QED) is 0.282. The lowest BCUT2D eigenvalue weighted by atomic mass is 9.58. The van der Waals surface area contributed by atoms with Gasteiger partial charge in [0.2, 0.25) is 5.69 Å². The van der Waals surface area contributed by atoms with Crippen LogP contribution in [-0.2, 0) is 17.4 Å². The second-order valence-corrected chi connectivity index (χ2v) is 9.38. The topological polar surface area (TPSA) is 3.88 Å². The van der Waals surface area contributed by atoms with E-state index in [1.165, 1.54) is 53.3 Å². The van der Waals surface area contributed by atoms with E-state index >= 15 is 0 Å². The minimum Gasteiger partial charge on any atom is -0.192 e. The second-order valence-electron chi connectivity index (χ2n) is 9.38. The van der Waals surface area contributed by atoms with Crippen LogP contribution in [0.5, 0.6) is 0 Å². The van der Waals surface area contributed by atoms with Gasteiger partial charge >= 0.3 is 0 Å². The van der Waals surface area contributed by atoms with Crippen LogP contribution in [0.2, 0.25) is 0 Å². The lowest BCUT2D eigenvalue weighted by molar-refractivity contribution is -0.768. The van der Waals surface area contributed by atoms with Crippen LogP contribution < -0.4 is 4.57 Å². The van der Waals surface area contributed by atoms with Crippen molar-refractivity contribution in [2.24, 2.45) is 0 Å². The number of aryl methyl sites for hydroxylation is 1. The Bertz CT molecular complexity index is 1040. The first-order chi connectivity index (χ1) is 14.6. The number of aromatic nitrogens is 1. The van der Waals surface area contributed by atoms with Gasteiger partial charge in [0.25, 0.3) is 0 Å². The van der Waals surface area contributed by atoms with E-state index < -0.39 is 0 Å². The average Bonchev–Trinajstić information content (AvgIpc) is 2.79. The monoisotopic (exact) mass is 400 g/mol. The molecule has 0 bridgehead atoms. The summed E-state index contributed by atoms with van der Waals surface area (Å²) in [5, 5.41) is 2.73. The number of pyridine rings is 1. The van der Waals surface area contributed by atoms with E-state index in [2.05, 4.69) is 93.9 Å². The maximum Gasteiger partial charge on any atom is 0.221 e. The molecule has 0 radical (unpaired) electrons. The fourth-order valence-corrected chi connectivity index (χ4v) is 6.26. The Labute approximate surface area is 183 Å². The maximum atomic E-state index is 2.66. The van der Waals surface area contributed by atoms with E-state index in [4.69, 9.17) is 0 Å². The summed E-state index contributed by atoms with van der Waals surface area (Å²) in [6, 6.07) is 18.7. The molecule has 0 spiro atoms. The van der Waals surface area contributed by atoms with Gasteiger partial charge in [-0.1, -0.05) is 70.9 Å². The Morgan fingerprint density at radius 3 is 2.30 bits per heavy atom. The van der Waals surface area contributed by atoms with Crippen molar-refractivity contribution < 1.29 is 4.57 Å². The van der Waals surface area contributed by atoms with Gasteiger partial charge in [-0.15, -0.1) is 0 Å². The Morgan fingerprint density at radius 1 is 0.833 bits per heavy atom. The number of benzene rings is 2. The normalized spacial score (nSPS) is 19.5. The molecule has 0 fully saturated rings. The van der Waals surface area contributed by atoms with Crippen LogP contribution in [0.1, 0.15) is 84.3 Å². The molecule has 0 aliphatic carbocycles. The Kier molecular flexibility index (Phi) is 5.75. The van der Waals surface area contributed by atoms with Crippen molar-refractivity contribution in [3.8, 4) is 11.3 Å². The molecule has 3 aromatic rings. The zero-order valence-electron chi connectivity index (χ0n) is 19.6. The Balaban J connectivity index is 2.05. The molecule has 1 aromatic heterocycles. The number of rotatable bonds is 7. The first-order valence-corrected chi connectivity index (χ1v) is 12.1. The van der Waals surface area contributed by atoms with Gasteiger partial charge in [-0.3, -0.25) is 0 Å². The summed E-state index contributed by atoms with van der Waals surface area (Å²) in [5.41, 5.74) is 6.13. The van der Waals surface area contributed by atoms with E-state index in [0.717, 1.165) is 19.3 Å². The predicted octanol–water partition coefficient (Wildman–Crippen LogP) is 7.72. The van der Waals surface area contributed by atoms with Gasteiger partial charge in [0.05, 0.1) is 16.4 Å². The SMILES string of the molecule is CCCCCc1ccc2c(c1)-c1c3ccccc3cc[n+]1C(CC)(CC)C2(C)CC. The molecule has 0 saturated carbocycles.